The Hall–Kier alpha value is -1.15. The Kier molecular flexibility index (Phi) is 3.51. The summed E-state index contributed by atoms with van der Waals surface area (Å²) in [5.41, 5.74) is 0. The molecule has 0 atom stereocenters. The number of thioether (sulfide) groups is 1. The normalized spacial score (nSPS) is 14.9. The molecule has 1 aliphatic rings. The van der Waals surface area contributed by atoms with Crippen LogP contribution in [0, 0.1) is 6.42 Å². The molecule has 1 radical (unpaired) electrons. The highest BCUT2D eigenvalue weighted by molar-refractivity contribution is 7.98. The quantitative estimate of drug-likeness (QED) is 0.711. The molecule has 0 saturated heterocycles. The highest BCUT2D eigenvalue weighted by Crippen LogP contribution is 2.21. The lowest BCUT2D eigenvalue weighted by molar-refractivity contribution is 0.440. The van der Waals surface area contributed by atoms with Crippen molar-refractivity contribution in [1.82, 2.24) is 0 Å². The van der Waals surface area contributed by atoms with Gasteiger partial charge in [0.05, 0.1) is 0 Å². The Morgan fingerprint density at radius 2 is 2.00 bits per heavy atom. The van der Waals surface area contributed by atoms with Crippen molar-refractivity contribution in [3.63, 3.8) is 0 Å². The van der Waals surface area contributed by atoms with Gasteiger partial charge in [-0.3, -0.25) is 0 Å². The van der Waals surface area contributed by atoms with E-state index < -0.39 is 0 Å². The van der Waals surface area contributed by atoms with Gasteiger partial charge in [-0.25, -0.2) is 0 Å². The minimum atomic E-state index is 0.894. The molecule has 0 aromatic heterocycles. The van der Waals surface area contributed by atoms with Gasteiger partial charge in [-0.2, -0.15) is 0 Å². The smallest absolute Gasteiger partial charge is 0.127 e. The minimum Gasteiger partial charge on any atom is -0.458 e. The monoisotopic (exact) mass is 217 g/mol. The Bertz CT molecular complexity index is 376. The lowest BCUT2D eigenvalue weighted by Gasteiger charge is -2.09. The molecule has 77 valence electrons. The molecule has 0 bridgehead atoms. The Labute approximate surface area is 94.8 Å². The summed E-state index contributed by atoms with van der Waals surface area (Å²) in [5, 5.41) is 0. The average Bonchev–Trinajstić information content (AvgIpc) is 2.31. The third-order valence-corrected chi connectivity index (χ3v) is 2.89. The molecule has 15 heavy (non-hydrogen) atoms. The third-order valence-electron chi connectivity index (χ3n) is 2.15. The van der Waals surface area contributed by atoms with Gasteiger partial charge in [0.15, 0.2) is 0 Å². The SMILES string of the molecule is CSc1ccc(OC2=CC[CH]C=C2)cc1. The van der Waals surface area contributed by atoms with Gasteiger partial charge >= 0.3 is 0 Å². The van der Waals surface area contributed by atoms with E-state index in [1.807, 2.05) is 24.3 Å². The van der Waals surface area contributed by atoms with E-state index in [9.17, 15) is 0 Å². The molecule has 0 unspecified atom stereocenters. The Morgan fingerprint density at radius 1 is 1.20 bits per heavy atom. The van der Waals surface area contributed by atoms with Crippen molar-refractivity contribution in [2.24, 2.45) is 0 Å². The van der Waals surface area contributed by atoms with E-state index in [1.165, 1.54) is 4.90 Å². The molecule has 0 amide bonds. The van der Waals surface area contributed by atoms with Crippen LogP contribution in [-0.4, -0.2) is 6.26 Å². The molecule has 1 aromatic rings. The summed E-state index contributed by atoms with van der Waals surface area (Å²) in [5.74, 6) is 1.82. The second kappa shape index (κ2) is 5.08. The zero-order valence-corrected chi connectivity index (χ0v) is 9.46. The van der Waals surface area contributed by atoms with Gasteiger partial charge < -0.3 is 4.74 Å². The van der Waals surface area contributed by atoms with Crippen LogP contribution in [0.15, 0.2) is 53.1 Å². The van der Waals surface area contributed by atoms with E-state index in [-0.39, 0.29) is 0 Å². The highest BCUT2D eigenvalue weighted by Gasteiger charge is 2.00. The number of benzene rings is 1. The number of hydrogen-bond donors (Lipinski definition) is 0. The largest absolute Gasteiger partial charge is 0.458 e. The van der Waals surface area contributed by atoms with Crippen LogP contribution in [0.5, 0.6) is 5.75 Å². The predicted octanol–water partition coefficient (Wildman–Crippen LogP) is 3.84. The van der Waals surface area contributed by atoms with Crippen molar-refractivity contribution in [3.8, 4) is 5.75 Å². The van der Waals surface area contributed by atoms with Crippen molar-refractivity contribution < 1.29 is 4.74 Å². The fourth-order valence-corrected chi connectivity index (χ4v) is 1.76. The minimum absolute atomic E-state index is 0.894. The van der Waals surface area contributed by atoms with E-state index in [4.69, 9.17) is 4.74 Å². The van der Waals surface area contributed by atoms with E-state index >= 15 is 0 Å². The topological polar surface area (TPSA) is 9.23 Å². The summed E-state index contributed by atoms with van der Waals surface area (Å²) in [7, 11) is 0. The maximum atomic E-state index is 5.70. The molecule has 0 aliphatic heterocycles. The van der Waals surface area contributed by atoms with Gasteiger partial charge in [0.1, 0.15) is 11.5 Å². The number of hydrogen-bond acceptors (Lipinski definition) is 2. The zero-order valence-electron chi connectivity index (χ0n) is 8.64. The highest BCUT2D eigenvalue weighted by atomic mass is 32.2. The van der Waals surface area contributed by atoms with E-state index in [2.05, 4.69) is 30.9 Å². The summed E-state index contributed by atoms with van der Waals surface area (Å²) in [6, 6.07) is 8.14. The number of rotatable bonds is 3. The third kappa shape index (κ3) is 2.90. The van der Waals surface area contributed by atoms with Gasteiger partial charge in [0.25, 0.3) is 0 Å². The van der Waals surface area contributed by atoms with E-state index in [0.29, 0.717) is 0 Å². The molecule has 0 N–H and O–H groups in total. The summed E-state index contributed by atoms with van der Waals surface area (Å²) < 4.78 is 5.70. The molecule has 0 fully saturated rings. The lowest BCUT2D eigenvalue weighted by Crippen LogP contribution is -1.95. The summed E-state index contributed by atoms with van der Waals surface area (Å²) >= 11 is 1.73. The fourth-order valence-electron chi connectivity index (χ4n) is 1.35. The molecule has 1 aromatic carbocycles. The second-order valence-electron chi connectivity index (χ2n) is 3.21. The molecule has 0 spiro atoms. The van der Waals surface area contributed by atoms with Gasteiger partial charge in [-0.1, -0.05) is 6.08 Å². The Balaban J connectivity index is 2.04. The first-order valence-electron chi connectivity index (χ1n) is 4.90. The molecule has 2 heteroatoms. The van der Waals surface area contributed by atoms with Crippen molar-refractivity contribution >= 4 is 11.8 Å². The van der Waals surface area contributed by atoms with Crippen LogP contribution in [0.25, 0.3) is 0 Å². The zero-order chi connectivity index (χ0) is 10.5. The molecule has 1 aliphatic carbocycles. The van der Waals surface area contributed by atoms with Crippen LogP contribution in [0.1, 0.15) is 6.42 Å². The molecule has 1 nitrogen and oxygen atoms in total. The first kappa shape index (κ1) is 10.4. The molecular formula is C13H13OS. The van der Waals surface area contributed by atoms with Crippen LogP contribution in [-0.2, 0) is 0 Å². The van der Waals surface area contributed by atoms with Gasteiger partial charge in [0.2, 0.25) is 0 Å². The van der Waals surface area contributed by atoms with Crippen LogP contribution >= 0.6 is 11.8 Å². The summed E-state index contributed by atoms with van der Waals surface area (Å²) in [6.45, 7) is 0. The first-order chi connectivity index (χ1) is 7.38. The van der Waals surface area contributed by atoms with Crippen molar-refractivity contribution in [2.45, 2.75) is 11.3 Å². The molecule has 0 saturated carbocycles. The molecule has 2 rings (SSSR count). The fraction of sp³-hybridized carbons (Fsp3) is 0.154. The van der Waals surface area contributed by atoms with Gasteiger partial charge in [-0.05, 0) is 55.5 Å². The maximum absolute atomic E-state index is 5.70. The molecular weight excluding hydrogens is 204 g/mol. The van der Waals surface area contributed by atoms with E-state index in [1.54, 1.807) is 11.8 Å². The van der Waals surface area contributed by atoms with Crippen molar-refractivity contribution in [3.05, 3.63) is 54.7 Å². The lowest BCUT2D eigenvalue weighted by atomic mass is 10.2. The van der Waals surface area contributed by atoms with Crippen LogP contribution < -0.4 is 4.74 Å². The predicted molar refractivity (Wildman–Crippen MR) is 65.0 cm³/mol. The van der Waals surface area contributed by atoms with Crippen molar-refractivity contribution in [1.29, 1.82) is 0 Å². The van der Waals surface area contributed by atoms with Crippen molar-refractivity contribution in [2.75, 3.05) is 6.26 Å². The Morgan fingerprint density at radius 3 is 2.60 bits per heavy atom. The van der Waals surface area contributed by atoms with E-state index in [0.717, 1.165) is 17.9 Å². The maximum Gasteiger partial charge on any atom is 0.127 e. The molecule has 0 heterocycles. The van der Waals surface area contributed by atoms with Crippen LogP contribution in [0.4, 0.5) is 0 Å². The average molecular weight is 217 g/mol. The summed E-state index contributed by atoms with van der Waals surface area (Å²) in [4.78, 5) is 1.25. The first-order valence-corrected chi connectivity index (χ1v) is 6.13. The number of allylic oxidation sites excluding steroid dienone is 3. The standard InChI is InChI=1S/C13H13OS/c1-15-13-9-7-12(8-10-13)14-11-5-3-2-4-6-11/h2-3,5-10H,4H2,1H3. The van der Waals surface area contributed by atoms with Crippen LogP contribution in [0.3, 0.4) is 0 Å². The van der Waals surface area contributed by atoms with Crippen LogP contribution in [0.2, 0.25) is 0 Å². The van der Waals surface area contributed by atoms with Gasteiger partial charge in [0, 0.05) is 4.90 Å². The second-order valence-corrected chi connectivity index (χ2v) is 4.09. The summed E-state index contributed by atoms with van der Waals surface area (Å²) in [6.07, 6.45) is 11.2. The van der Waals surface area contributed by atoms with Gasteiger partial charge in [-0.15, -0.1) is 11.8 Å². The number of ether oxygens (including phenoxy) is 1.